The number of nitrogens with two attached hydrogens (primary N) is 1. The van der Waals surface area contributed by atoms with Gasteiger partial charge in [0.15, 0.2) is 0 Å². The number of nitrogens with zero attached hydrogens (tertiary/aromatic N) is 2. The monoisotopic (exact) mass is 231 g/mol. The van der Waals surface area contributed by atoms with Crippen LogP contribution in [0, 0.1) is 6.92 Å². The third kappa shape index (κ3) is 3.54. The molecule has 0 spiro atoms. The summed E-state index contributed by atoms with van der Waals surface area (Å²) in [5.74, 6) is 0.412. The van der Waals surface area contributed by atoms with Gasteiger partial charge in [0.2, 0.25) is 0 Å². The number of hydrogen-bond acceptors (Lipinski definition) is 4. The predicted octanol–water partition coefficient (Wildman–Crippen LogP) is 0.599. The second-order valence-electron chi connectivity index (χ2n) is 3.52. The van der Waals surface area contributed by atoms with E-state index in [0.717, 1.165) is 5.69 Å². The standard InChI is InChI=1S/C9H17N3O2S/c1-3-15(13,14)6-4-5-12-7-9(10)8(2)11-12/h7H,3-6,10H2,1-2H3. The summed E-state index contributed by atoms with van der Waals surface area (Å²) in [5.41, 5.74) is 7.05. The second kappa shape index (κ2) is 4.65. The Kier molecular flexibility index (Phi) is 3.73. The molecule has 15 heavy (non-hydrogen) atoms. The van der Waals surface area contributed by atoms with Crippen LogP contribution in [0.3, 0.4) is 0 Å². The van der Waals surface area contributed by atoms with E-state index in [1.807, 2.05) is 6.92 Å². The summed E-state index contributed by atoms with van der Waals surface area (Å²) in [6.07, 6.45) is 2.31. The highest BCUT2D eigenvalue weighted by atomic mass is 32.2. The minimum atomic E-state index is -2.87. The van der Waals surface area contributed by atoms with Gasteiger partial charge in [0, 0.05) is 18.5 Å². The summed E-state index contributed by atoms with van der Waals surface area (Å²) in [5, 5.41) is 4.15. The Morgan fingerprint density at radius 3 is 2.67 bits per heavy atom. The van der Waals surface area contributed by atoms with Crippen molar-refractivity contribution in [3.8, 4) is 0 Å². The third-order valence-corrected chi connectivity index (χ3v) is 4.06. The summed E-state index contributed by atoms with van der Waals surface area (Å²) in [4.78, 5) is 0. The number of sulfone groups is 1. The maximum absolute atomic E-state index is 11.2. The molecule has 0 radical (unpaired) electrons. The summed E-state index contributed by atoms with van der Waals surface area (Å²) in [7, 11) is -2.87. The Morgan fingerprint density at radius 2 is 2.20 bits per heavy atom. The van der Waals surface area contributed by atoms with Crippen LogP contribution in [0.5, 0.6) is 0 Å². The Morgan fingerprint density at radius 1 is 1.53 bits per heavy atom. The zero-order valence-corrected chi connectivity index (χ0v) is 9.92. The second-order valence-corrected chi connectivity index (χ2v) is 6.00. The van der Waals surface area contributed by atoms with Gasteiger partial charge in [-0.2, -0.15) is 5.10 Å². The van der Waals surface area contributed by atoms with Crippen molar-refractivity contribution < 1.29 is 8.42 Å². The highest BCUT2D eigenvalue weighted by Gasteiger charge is 2.07. The van der Waals surface area contributed by atoms with Crippen LogP contribution in [0.4, 0.5) is 5.69 Å². The van der Waals surface area contributed by atoms with Crippen LogP contribution in [-0.4, -0.2) is 29.7 Å². The summed E-state index contributed by atoms with van der Waals surface area (Å²) in [6.45, 7) is 4.08. The molecule has 5 nitrogen and oxygen atoms in total. The van der Waals surface area contributed by atoms with Gasteiger partial charge < -0.3 is 5.73 Å². The maximum atomic E-state index is 11.2. The lowest BCUT2D eigenvalue weighted by atomic mass is 10.4. The summed E-state index contributed by atoms with van der Waals surface area (Å²) in [6, 6.07) is 0. The first-order valence-corrected chi connectivity index (χ1v) is 6.76. The quantitative estimate of drug-likeness (QED) is 0.805. The highest BCUT2D eigenvalue weighted by Crippen LogP contribution is 2.07. The van der Waals surface area contributed by atoms with Gasteiger partial charge in [0.25, 0.3) is 0 Å². The predicted molar refractivity (Wildman–Crippen MR) is 60.3 cm³/mol. The van der Waals surface area contributed by atoms with Crippen molar-refractivity contribution in [1.82, 2.24) is 9.78 Å². The van der Waals surface area contributed by atoms with Gasteiger partial charge in [0.05, 0.1) is 17.1 Å². The average molecular weight is 231 g/mol. The highest BCUT2D eigenvalue weighted by molar-refractivity contribution is 7.91. The van der Waals surface area contributed by atoms with Crippen LogP contribution >= 0.6 is 0 Å². The van der Waals surface area contributed by atoms with Gasteiger partial charge in [-0.3, -0.25) is 4.68 Å². The Labute approximate surface area is 90.2 Å². The molecule has 1 aromatic rings. The average Bonchev–Trinajstić information content (AvgIpc) is 2.46. The van der Waals surface area contributed by atoms with Crippen LogP contribution in [0.2, 0.25) is 0 Å². The molecular weight excluding hydrogens is 214 g/mol. The van der Waals surface area contributed by atoms with E-state index in [-0.39, 0.29) is 11.5 Å². The van der Waals surface area contributed by atoms with Gasteiger partial charge in [0.1, 0.15) is 9.84 Å². The molecule has 0 unspecified atom stereocenters. The summed E-state index contributed by atoms with van der Waals surface area (Å²) >= 11 is 0. The Hall–Kier alpha value is -1.04. The fourth-order valence-corrected chi connectivity index (χ4v) is 2.10. The molecule has 0 aliphatic heterocycles. The molecule has 86 valence electrons. The first kappa shape index (κ1) is 12.0. The number of aryl methyl sites for hydroxylation is 2. The minimum Gasteiger partial charge on any atom is -0.396 e. The van der Waals surface area contributed by atoms with Gasteiger partial charge in [-0.1, -0.05) is 6.92 Å². The van der Waals surface area contributed by atoms with Crippen molar-refractivity contribution >= 4 is 15.5 Å². The largest absolute Gasteiger partial charge is 0.396 e. The fourth-order valence-electron chi connectivity index (χ4n) is 1.24. The number of anilines is 1. The van der Waals surface area contributed by atoms with Crippen molar-refractivity contribution in [2.75, 3.05) is 17.2 Å². The van der Waals surface area contributed by atoms with Crippen LogP contribution in [0.1, 0.15) is 19.0 Å². The van der Waals surface area contributed by atoms with E-state index in [0.29, 0.717) is 18.7 Å². The number of rotatable bonds is 5. The third-order valence-electron chi connectivity index (χ3n) is 2.27. The fraction of sp³-hybridized carbons (Fsp3) is 0.667. The Balaban J connectivity index is 2.45. The lowest BCUT2D eigenvalue weighted by Crippen LogP contribution is -2.11. The van der Waals surface area contributed by atoms with Gasteiger partial charge >= 0.3 is 0 Å². The van der Waals surface area contributed by atoms with E-state index in [1.54, 1.807) is 17.8 Å². The first-order chi connectivity index (χ1) is 6.94. The zero-order chi connectivity index (χ0) is 11.5. The van der Waals surface area contributed by atoms with E-state index in [2.05, 4.69) is 5.10 Å². The molecule has 0 fully saturated rings. The molecule has 0 aliphatic carbocycles. The smallest absolute Gasteiger partial charge is 0.150 e. The molecule has 0 amide bonds. The number of nitrogen functional groups attached to an aromatic ring is 1. The van der Waals surface area contributed by atoms with Crippen LogP contribution in [-0.2, 0) is 16.4 Å². The molecule has 1 aromatic heterocycles. The van der Waals surface area contributed by atoms with Crippen LogP contribution < -0.4 is 5.73 Å². The normalized spacial score (nSPS) is 11.9. The van der Waals surface area contributed by atoms with E-state index in [1.165, 1.54) is 0 Å². The van der Waals surface area contributed by atoms with Crippen molar-refractivity contribution in [2.24, 2.45) is 0 Å². The van der Waals surface area contributed by atoms with E-state index in [9.17, 15) is 8.42 Å². The topological polar surface area (TPSA) is 78.0 Å². The first-order valence-electron chi connectivity index (χ1n) is 4.94. The Bertz CT molecular complexity index is 403. The van der Waals surface area contributed by atoms with Gasteiger partial charge in [-0.25, -0.2) is 8.42 Å². The van der Waals surface area contributed by atoms with E-state index >= 15 is 0 Å². The molecule has 6 heteroatoms. The molecule has 0 saturated carbocycles. The molecule has 0 saturated heterocycles. The molecule has 0 atom stereocenters. The van der Waals surface area contributed by atoms with E-state index in [4.69, 9.17) is 5.73 Å². The number of aromatic nitrogens is 2. The van der Waals surface area contributed by atoms with Crippen molar-refractivity contribution in [2.45, 2.75) is 26.8 Å². The van der Waals surface area contributed by atoms with Gasteiger partial charge in [-0.05, 0) is 13.3 Å². The van der Waals surface area contributed by atoms with Crippen LogP contribution in [0.15, 0.2) is 6.20 Å². The van der Waals surface area contributed by atoms with Crippen molar-refractivity contribution in [3.63, 3.8) is 0 Å². The number of hydrogen-bond donors (Lipinski definition) is 1. The van der Waals surface area contributed by atoms with Crippen molar-refractivity contribution in [3.05, 3.63) is 11.9 Å². The van der Waals surface area contributed by atoms with Crippen molar-refractivity contribution in [1.29, 1.82) is 0 Å². The molecule has 2 N–H and O–H groups in total. The zero-order valence-electron chi connectivity index (χ0n) is 9.10. The maximum Gasteiger partial charge on any atom is 0.150 e. The molecule has 0 bridgehead atoms. The van der Waals surface area contributed by atoms with Crippen LogP contribution in [0.25, 0.3) is 0 Å². The summed E-state index contributed by atoms with van der Waals surface area (Å²) < 4.78 is 24.1. The lowest BCUT2D eigenvalue weighted by Gasteiger charge is -2.01. The molecule has 1 rings (SSSR count). The van der Waals surface area contributed by atoms with Gasteiger partial charge in [-0.15, -0.1) is 0 Å². The molecule has 1 heterocycles. The minimum absolute atomic E-state index is 0.202. The lowest BCUT2D eigenvalue weighted by molar-refractivity contribution is 0.572. The molecule has 0 aliphatic rings. The molecular formula is C9H17N3O2S. The van der Waals surface area contributed by atoms with E-state index < -0.39 is 9.84 Å². The molecule has 0 aromatic carbocycles. The SMILES string of the molecule is CCS(=O)(=O)CCCn1cc(N)c(C)n1.